The largest absolute Gasteiger partial charge is 0.297 e. The summed E-state index contributed by atoms with van der Waals surface area (Å²) in [7, 11) is 0. The lowest BCUT2D eigenvalue weighted by Gasteiger charge is -2.33. The molecule has 0 unspecified atom stereocenters. The summed E-state index contributed by atoms with van der Waals surface area (Å²) in [4.78, 5) is 17.6. The molecule has 0 aliphatic carbocycles. The van der Waals surface area contributed by atoms with Crippen LogP contribution in [0.25, 0.3) is 0 Å². The molecule has 2 atom stereocenters. The van der Waals surface area contributed by atoms with Gasteiger partial charge in [0.05, 0.1) is 12.5 Å². The van der Waals surface area contributed by atoms with Gasteiger partial charge in [-0.3, -0.25) is 9.63 Å². The van der Waals surface area contributed by atoms with Crippen LogP contribution in [-0.2, 0) is 9.63 Å². The molecule has 1 aliphatic heterocycles. The van der Waals surface area contributed by atoms with Crippen LogP contribution in [0.1, 0.15) is 41.0 Å². The third kappa shape index (κ3) is 3.22. The lowest BCUT2D eigenvalue weighted by molar-refractivity contribution is -0.184. The molecule has 0 saturated carbocycles. The summed E-state index contributed by atoms with van der Waals surface area (Å²) in [6.45, 7) is 11.0. The van der Waals surface area contributed by atoms with E-state index >= 15 is 0 Å². The molecule has 1 rings (SSSR count). The minimum atomic E-state index is -0.0378. The first kappa shape index (κ1) is 14.0. The summed E-state index contributed by atoms with van der Waals surface area (Å²) < 4.78 is 0. The second-order valence-corrected chi connectivity index (χ2v) is 6.41. The second kappa shape index (κ2) is 5.52. The van der Waals surface area contributed by atoms with Gasteiger partial charge in [-0.1, -0.05) is 18.7 Å². The Morgan fingerprint density at radius 3 is 2.56 bits per heavy atom. The first-order chi connectivity index (χ1) is 7.38. The van der Waals surface area contributed by atoms with Crippen molar-refractivity contribution in [3.63, 3.8) is 0 Å². The van der Waals surface area contributed by atoms with E-state index in [9.17, 15) is 4.79 Å². The second-order valence-electron chi connectivity index (χ2n) is 5.31. The van der Waals surface area contributed by atoms with Gasteiger partial charge in [0.1, 0.15) is 0 Å². The number of carbonyl (C=O) groups is 1. The van der Waals surface area contributed by atoms with Crippen LogP contribution in [0, 0.1) is 5.92 Å². The van der Waals surface area contributed by atoms with E-state index in [1.807, 2.05) is 5.06 Å². The zero-order chi connectivity index (χ0) is 12.3. The van der Waals surface area contributed by atoms with Crippen LogP contribution in [0.15, 0.2) is 0 Å². The van der Waals surface area contributed by atoms with Crippen molar-refractivity contribution < 1.29 is 9.63 Å². The number of nitrogens with zero attached hydrogens (tertiary/aromatic N) is 1. The third-order valence-corrected chi connectivity index (χ3v) is 3.96. The maximum atomic E-state index is 11.9. The molecule has 0 aromatic carbocycles. The Bertz CT molecular complexity index is 250. The van der Waals surface area contributed by atoms with E-state index in [0.717, 1.165) is 12.2 Å². The standard InChI is InChI=1S/C12H23NO2S/c1-6-7-16-11(14)10-8-15-13(9(10)2)12(3,4)5/h9-10H,6-8H2,1-5H3/t9-,10+/m1/s1. The lowest BCUT2D eigenvalue weighted by atomic mass is 10.0. The van der Waals surface area contributed by atoms with Crippen molar-refractivity contribution in [3.8, 4) is 0 Å². The van der Waals surface area contributed by atoms with Gasteiger partial charge in [0, 0.05) is 17.3 Å². The smallest absolute Gasteiger partial charge is 0.196 e. The van der Waals surface area contributed by atoms with E-state index in [-0.39, 0.29) is 22.6 Å². The Kier molecular flexibility index (Phi) is 4.83. The maximum absolute atomic E-state index is 11.9. The van der Waals surface area contributed by atoms with Crippen LogP contribution in [0.5, 0.6) is 0 Å². The Hall–Kier alpha value is -0.0600. The highest BCUT2D eigenvalue weighted by molar-refractivity contribution is 8.13. The molecule has 4 heteroatoms. The van der Waals surface area contributed by atoms with E-state index in [2.05, 4.69) is 34.6 Å². The van der Waals surface area contributed by atoms with E-state index in [1.165, 1.54) is 11.8 Å². The van der Waals surface area contributed by atoms with Crippen LogP contribution in [0.3, 0.4) is 0 Å². The summed E-state index contributed by atoms with van der Waals surface area (Å²) in [6, 6.07) is 0.178. The number of hydrogen-bond donors (Lipinski definition) is 0. The van der Waals surface area contributed by atoms with Crippen molar-refractivity contribution >= 4 is 16.9 Å². The molecule has 0 amide bonds. The number of rotatable bonds is 3. The van der Waals surface area contributed by atoms with Gasteiger partial charge in [-0.15, -0.1) is 0 Å². The Labute approximate surface area is 103 Å². The first-order valence-electron chi connectivity index (χ1n) is 5.96. The lowest BCUT2D eigenvalue weighted by Crippen LogP contribution is -2.44. The predicted molar refractivity (Wildman–Crippen MR) is 68.3 cm³/mol. The van der Waals surface area contributed by atoms with Crippen molar-refractivity contribution in [1.82, 2.24) is 5.06 Å². The maximum Gasteiger partial charge on any atom is 0.196 e. The normalized spacial score (nSPS) is 27.3. The van der Waals surface area contributed by atoms with Crippen molar-refractivity contribution in [2.45, 2.75) is 52.6 Å². The number of hydrogen-bond acceptors (Lipinski definition) is 4. The molecule has 0 radical (unpaired) electrons. The fraction of sp³-hybridized carbons (Fsp3) is 0.917. The average molecular weight is 245 g/mol. The topological polar surface area (TPSA) is 29.5 Å². The average Bonchev–Trinajstić information content (AvgIpc) is 2.56. The highest BCUT2D eigenvalue weighted by Crippen LogP contribution is 2.31. The summed E-state index contributed by atoms with van der Waals surface area (Å²) in [5.74, 6) is 0.938. The zero-order valence-electron chi connectivity index (χ0n) is 10.9. The Balaban J connectivity index is 2.57. The van der Waals surface area contributed by atoms with Crippen LogP contribution in [-0.4, -0.2) is 34.1 Å². The van der Waals surface area contributed by atoms with E-state index in [1.54, 1.807) is 0 Å². The van der Waals surface area contributed by atoms with Crippen molar-refractivity contribution in [2.24, 2.45) is 5.92 Å². The molecular weight excluding hydrogens is 222 g/mol. The molecule has 3 nitrogen and oxygen atoms in total. The van der Waals surface area contributed by atoms with Gasteiger partial charge in [0.2, 0.25) is 0 Å². The molecule has 94 valence electrons. The van der Waals surface area contributed by atoms with Crippen LogP contribution < -0.4 is 0 Å². The third-order valence-electron chi connectivity index (χ3n) is 2.76. The van der Waals surface area contributed by atoms with Crippen LogP contribution in [0.4, 0.5) is 0 Å². The van der Waals surface area contributed by atoms with E-state index in [4.69, 9.17) is 4.84 Å². The van der Waals surface area contributed by atoms with Gasteiger partial charge in [0.15, 0.2) is 5.12 Å². The number of thioether (sulfide) groups is 1. The van der Waals surface area contributed by atoms with Crippen molar-refractivity contribution in [2.75, 3.05) is 12.4 Å². The van der Waals surface area contributed by atoms with Crippen molar-refractivity contribution in [3.05, 3.63) is 0 Å². The van der Waals surface area contributed by atoms with E-state index < -0.39 is 0 Å². The summed E-state index contributed by atoms with van der Waals surface area (Å²) in [5.41, 5.74) is -0.0378. The molecular formula is C12H23NO2S. The van der Waals surface area contributed by atoms with Crippen molar-refractivity contribution in [1.29, 1.82) is 0 Å². The van der Waals surface area contributed by atoms with Gasteiger partial charge in [-0.05, 0) is 34.1 Å². The Morgan fingerprint density at radius 2 is 2.12 bits per heavy atom. The molecule has 0 spiro atoms. The minimum absolute atomic E-state index is 0.0239. The molecule has 1 aliphatic rings. The van der Waals surface area contributed by atoms with Crippen LogP contribution >= 0.6 is 11.8 Å². The minimum Gasteiger partial charge on any atom is -0.297 e. The highest BCUT2D eigenvalue weighted by Gasteiger charge is 2.41. The molecule has 1 fully saturated rings. The molecule has 1 saturated heterocycles. The molecule has 0 bridgehead atoms. The monoisotopic (exact) mass is 245 g/mol. The highest BCUT2D eigenvalue weighted by atomic mass is 32.2. The zero-order valence-corrected chi connectivity index (χ0v) is 11.8. The predicted octanol–water partition coefficient (Wildman–Crippen LogP) is 2.71. The quantitative estimate of drug-likeness (QED) is 0.764. The van der Waals surface area contributed by atoms with E-state index in [0.29, 0.717) is 6.61 Å². The Morgan fingerprint density at radius 1 is 1.50 bits per heavy atom. The molecule has 0 aromatic heterocycles. The van der Waals surface area contributed by atoms with Gasteiger partial charge in [-0.25, -0.2) is 0 Å². The van der Waals surface area contributed by atoms with Gasteiger partial charge >= 0.3 is 0 Å². The first-order valence-corrected chi connectivity index (χ1v) is 6.95. The summed E-state index contributed by atoms with van der Waals surface area (Å²) in [6.07, 6.45) is 1.04. The fourth-order valence-electron chi connectivity index (χ4n) is 1.96. The summed E-state index contributed by atoms with van der Waals surface area (Å²) >= 11 is 1.44. The molecule has 0 aromatic rings. The van der Waals surface area contributed by atoms with Crippen LogP contribution in [0.2, 0.25) is 0 Å². The summed E-state index contributed by atoms with van der Waals surface area (Å²) in [5, 5.41) is 2.24. The molecule has 1 heterocycles. The van der Waals surface area contributed by atoms with Gasteiger partial charge in [-0.2, -0.15) is 5.06 Å². The molecule has 0 N–H and O–H groups in total. The SMILES string of the molecule is CCCSC(=O)[C@H]1CON(C(C)(C)C)[C@@H]1C. The van der Waals surface area contributed by atoms with Gasteiger partial charge in [0.25, 0.3) is 0 Å². The molecule has 16 heavy (non-hydrogen) atoms. The number of carbonyl (C=O) groups excluding carboxylic acids is 1. The van der Waals surface area contributed by atoms with Gasteiger partial charge < -0.3 is 0 Å². The number of hydroxylamine groups is 2. The fourth-order valence-corrected chi connectivity index (χ4v) is 2.84.